The van der Waals surface area contributed by atoms with Crippen LogP contribution in [0.5, 0.6) is 0 Å². The number of fused-ring (bicyclic) bond motifs is 1. The molecular weight excluding hydrogens is 382 g/mol. The van der Waals surface area contributed by atoms with Gasteiger partial charge in [0.1, 0.15) is 5.69 Å². The molecule has 4 rings (SSSR count). The summed E-state index contributed by atoms with van der Waals surface area (Å²) in [5.74, 6) is -1.44. The third kappa shape index (κ3) is 3.80. The van der Waals surface area contributed by atoms with Crippen molar-refractivity contribution in [2.75, 3.05) is 18.0 Å². The number of hydrogen-bond donors (Lipinski definition) is 1. The molecule has 1 saturated heterocycles. The van der Waals surface area contributed by atoms with E-state index >= 15 is 0 Å². The second-order valence-electron chi connectivity index (χ2n) is 7.23. The Hall–Kier alpha value is -3.36. The average molecular weight is 400 g/mol. The zero-order valence-electron chi connectivity index (χ0n) is 15.4. The third-order valence-electron chi connectivity index (χ3n) is 5.40. The number of aromatic amines is 1. The molecule has 7 nitrogen and oxygen atoms in total. The van der Waals surface area contributed by atoms with Crippen molar-refractivity contribution in [2.45, 2.75) is 19.3 Å². The Balaban J connectivity index is 1.54. The topological polar surface area (TPSA) is 92.1 Å². The van der Waals surface area contributed by atoms with Crippen LogP contribution >= 0.6 is 0 Å². The van der Waals surface area contributed by atoms with E-state index in [0.717, 1.165) is 24.5 Å². The van der Waals surface area contributed by atoms with Crippen LogP contribution in [-0.4, -0.2) is 28.0 Å². The average Bonchev–Trinajstić information content (AvgIpc) is 2.71. The molecule has 150 valence electrons. The summed E-state index contributed by atoms with van der Waals surface area (Å²) in [6.07, 6.45) is 3.42. The van der Waals surface area contributed by atoms with Gasteiger partial charge in [-0.3, -0.25) is 14.9 Å². The maximum Gasteiger partial charge on any atom is 0.293 e. The molecule has 0 atom stereocenters. The Morgan fingerprint density at radius 3 is 2.62 bits per heavy atom. The smallest absolute Gasteiger partial charge is 0.293 e. The molecule has 0 saturated carbocycles. The number of nitro benzene ring substituents is 1. The van der Waals surface area contributed by atoms with Crippen LogP contribution in [-0.2, 0) is 6.42 Å². The van der Waals surface area contributed by atoms with Gasteiger partial charge >= 0.3 is 0 Å². The fourth-order valence-corrected chi connectivity index (χ4v) is 3.87. The van der Waals surface area contributed by atoms with Gasteiger partial charge in [-0.1, -0.05) is 6.07 Å². The first-order valence-corrected chi connectivity index (χ1v) is 9.27. The van der Waals surface area contributed by atoms with Crippen molar-refractivity contribution in [1.29, 1.82) is 0 Å². The number of rotatable bonds is 4. The second-order valence-corrected chi connectivity index (χ2v) is 7.23. The molecule has 0 aliphatic carbocycles. The zero-order chi connectivity index (χ0) is 20.5. The monoisotopic (exact) mass is 400 g/mol. The van der Waals surface area contributed by atoms with Gasteiger partial charge in [0.15, 0.2) is 11.6 Å². The lowest BCUT2D eigenvalue weighted by molar-refractivity contribution is -0.384. The zero-order valence-corrected chi connectivity index (χ0v) is 15.4. The van der Waals surface area contributed by atoms with Gasteiger partial charge in [-0.2, -0.15) is 0 Å². The number of aromatic nitrogens is 2. The maximum absolute atomic E-state index is 13.4. The minimum Gasteiger partial charge on any atom is -0.366 e. The van der Waals surface area contributed by atoms with Crippen molar-refractivity contribution < 1.29 is 13.7 Å². The summed E-state index contributed by atoms with van der Waals surface area (Å²) >= 11 is 0. The Morgan fingerprint density at radius 1 is 1.17 bits per heavy atom. The van der Waals surface area contributed by atoms with E-state index in [0.29, 0.717) is 30.7 Å². The molecule has 0 unspecified atom stereocenters. The molecule has 2 heterocycles. The number of piperidine rings is 1. The van der Waals surface area contributed by atoms with E-state index in [1.165, 1.54) is 18.5 Å². The van der Waals surface area contributed by atoms with Crippen LogP contribution in [0.25, 0.3) is 10.9 Å². The first-order valence-electron chi connectivity index (χ1n) is 9.27. The van der Waals surface area contributed by atoms with E-state index in [1.807, 2.05) is 4.90 Å². The number of nitrogens with one attached hydrogen (secondary N) is 1. The number of halogens is 2. The molecule has 2 aromatic carbocycles. The lowest BCUT2D eigenvalue weighted by Crippen LogP contribution is -2.34. The van der Waals surface area contributed by atoms with Crippen LogP contribution in [0.2, 0.25) is 0 Å². The first-order chi connectivity index (χ1) is 13.9. The van der Waals surface area contributed by atoms with Gasteiger partial charge in [-0.25, -0.2) is 13.8 Å². The van der Waals surface area contributed by atoms with Crippen molar-refractivity contribution in [3.05, 3.63) is 74.3 Å². The number of anilines is 1. The predicted octanol–water partition coefficient (Wildman–Crippen LogP) is 3.57. The van der Waals surface area contributed by atoms with E-state index in [2.05, 4.69) is 9.97 Å². The molecule has 0 spiro atoms. The van der Waals surface area contributed by atoms with Gasteiger partial charge in [-0.05, 0) is 48.9 Å². The quantitative estimate of drug-likeness (QED) is 0.534. The van der Waals surface area contributed by atoms with Gasteiger partial charge in [0.25, 0.3) is 11.2 Å². The SMILES string of the molecule is O=c1[nH]cnc2cc(N3CCC(Cc4ccc(F)c(F)c4)CC3)c([N+](=O)[O-])cc12. The van der Waals surface area contributed by atoms with E-state index in [1.54, 1.807) is 12.1 Å². The molecule has 0 radical (unpaired) electrons. The summed E-state index contributed by atoms with van der Waals surface area (Å²) in [5, 5.41) is 11.7. The van der Waals surface area contributed by atoms with Gasteiger partial charge in [0.2, 0.25) is 0 Å². The molecule has 1 aliphatic heterocycles. The summed E-state index contributed by atoms with van der Waals surface area (Å²) < 4.78 is 26.5. The maximum atomic E-state index is 13.4. The number of nitro groups is 1. The van der Waals surface area contributed by atoms with Crippen molar-refractivity contribution >= 4 is 22.3 Å². The van der Waals surface area contributed by atoms with E-state index in [-0.39, 0.29) is 17.0 Å². The highest BCUT2D eigenvalue weighted by Crippen LogP contribution is 2.34. The highest BCUT2D eigenvalue weighted by molar-refractivity contribution is 5.87. The molecule has 1 aliphatic rings. The standard InChI is InChI=1S/C20H18F2N4O3/c21-15-2-1-13(8-16(15)22)7-12-3-5-25(6-4-12)18-10-17-14(9-19(18)26(28)29)20(27)24-11-23-17/h1-2,8-12H,3-7H2,(H,23,24,27). The molecule has 1 N–H and O–H groups in total. The van der Waals surface area contributed by atoms with E-state index in [9.17, 15) is 23.7 Å². The number of benzene rings is 2. The van der Waals surface area contributed by atoms with Crippen LogP contribution in [0.4, 0.5) is 20.2 Å². The third-order valence-corrected chi connectivity index (χ3v) is 5.40. The predicted molar refractivity (Wildman–Crippen MR) is 104 cm³/mol. The van der Waals surface area contributed by atoms with Crippen LogP contribution in [0.1, 0.15) is 18.4 Å². The Kier molecular flexibility index (Phi) is 4.96. The van der Waals surface area contributed by atoms with Crippen molar-refractivity contribution in [3.8, 4) is 0 Å². The lowest BCUT2D eigenvalue weighted by atomic mass is 9.90. The number of H-pyrrole nitrogens is 1. The van der Waals surface area contributed by atoms with Crippen LogP contribution < -0.4 is 10.5 Å². The molecule has 0 amide bonds. The molecule has 9 heteroatoms. The summed E-state index contributed by atoms with van der Waals surface area (Å²) in [6, 6.07) is 6.79. The molecule has 0 bridgehead atoms. The normalized spacial score (nSPS) is 15.0. The fourth-order valence-electron chi connectivity index (χ4n) is 3.87. The van der Waals surface area contributed by atoms with Crippen molar-refractivity contribution in [3.63, 3.8) is 0 Å². The molecule has 1 fully saturated rings. The molecular formula is C20H18F2N4O3. The van der Waals surface area contributed by atoms with Crippen LogP contribution in [0.15, 0.2) is 41.5 Å². The molecule has 1 aromatic heterocycles. The Morgan fingerprint density at radius 2 is 1.93 bits per heavy atom. The fraction of sp³-hybridized carbons (Fsp3) is 0.300. The summed E-state index contributed by atoms with van der Waals surface area (Å²) in [6.45, 7) is 1.17. The number of nitrogens with zero attached hydrogens (tertiary/aromatic N) is 3. The first kappa shape index (κ1) is 19.0. The van der Waals surface area contributed by atoms with Gasteiger partial charge in [0, 0.05) is 19.2 Å². The molecule has 29 heavy (non-hydrogen) atoms. The number of hydrogen-bond acceptors (Lipinski definition) is 5. The van der Waals surface area contributed by atoms with E-state index < -0.39 is 22.1 Å². The van der Waals surface area contributed by atoms with Gasteiger partial charge < -0.3 is 9.88 Å². The van der Waals surface area contributed by atoms with Crippen LogP contribution in [0, 0.1) is 27.7 Å². The largest absolute Gasteiger partial charge is 0.366 e. The minimum atomic E-state index is -0.861. The highest BCUT2D eigenvalue weighted by atomic mass is 19.2. The summed E-state index contributed by atoms with van der Waals surface area (Å²) in [4.78, 5) is 31.4. The van der Waals surface area contributed by atoms with Crippen molar-refractivity contribution in [1.82, 2.24) is 9.97 Å². The van der Waals surface area contributed by atoms with E-state index in [4.69, 9.17) is 0 Å². The Bertz CT molecular complexity index is 1140. The second kappa shape index (κ2) is 7.57. The van der Waals surface area contributed by atoms with Crippen molar-refractivity contribution in [2.24, 2.45) is 5.92 Å². The Labute approximate surface area is 164 Å². The minimum absolute atomic E-state index is 0.130. The lowest BCUT2D eigenvalue weighted by Gasteiger charge is -2.33. The van der Waals surface area contributed by atoms with Crippen LogP contribution in [0.3, 0.4) is 0 Å². The van der Waals surface area contributed by atoms with Gasteiger partial charge in [0.05, 0.1) is 22.2 Å². The van der Waals surface area contributed by atoms with Gasteiger partial charge in [-0.15, -0.1) is 0 Å². The molecule has 3 aromatic rings. The highest BCUT2D eigenvalue weighted by Gasteiger charge is 2.26. The summed E-state index contributed by atoms with van der Waals surface area (Å²) in [7, 11) is 0. The summed E-state index contributed by atoms with van der Waals surface area (Å²) in [5.41, 5.74) is 1.03.